The zero-order valence-electron chi connectivity index (χ0n) is 11.8. The topological polar surface area (TPSA) is 51.4 Å². The summed E-state index contributed by atoms with van der Waals surface area (Å²) in [6.07, 6.45) is -0.104. The van der Waals surface area contributed by atoms with Gasteiger partial charge in [0.05, 0.1) is 6.61 Å². The highest BCUT2D eigenvalue weighted by Gasteiger charge is 2.27. The fourth-order valence-electron chi connectivity index (χ4n) is 2.36. The maximum Gasteiger partial charge on any atom is 0.258 e. The molecule has 3 rings (SSSR count). The predicted octanol–water partition coefficient (Wildman–Crippen LogP) is 2.52. The van der Waals surface area contributed by atoms with Crippen LogP contribution in [0.2, 0.25) is 0 Å². The number of benzene rings is 1. The molecule has 0 amide bonds. The zero-order chi connectivity index (χ0) is 13.9. The summed E-state index contributed by atoms with van der Waals surface area (Å²) in [5.41, 5.74) is 0.933. The molecule has 0 bridgehead atoms. The standard InChI is InChI=1S/C15H19N3O2/c1-11(2)18-8-9-19-13(10-18)14-16-15(20-17-14)12-6-4-3-5-7-12/h3-7,11,13H,8-10H2,1-2H3. The maximum atomic E-state index is 5.77. The number of rotatable bonds is 3. The molecule has 1 aromatic heterocycles. The van der Waals surface area contributed by atoms with Crippen LogP contribution in [0.25, 0.3) is 11.5 Å². The lowest BCUT2D eigenvalue weighted by atomic mass is 10.2. The van der Waals surface area contributed by atoms with E-state index in [9.17, 15) is 0 Å². The third-order valence-electron chi connectivity index (χ3n) is 3.58. The fraction of sp³-hybridized carbons (Fsp3) is 0.467. The molecule has 106 valence electrons. The summed E-state index contributed by atoms with van der Waals surface area (Å²) in [4.78, 5) is 6.84. The molecule has 0 radical (unpaired) electrons. The Hall–Kier alpha value is -1.72. The van der Waals surface area contributed by atoms with Crippen molar-refractivity contribution in [2.45, 2.75) is 26.0 Å². The molecule has 2 heterocycles. The number of hydrogen-bond acceptors (Lipinski definition) is 5. The van der Waals surface area contributed by atoms with Crippen molar-refractivity contribution in [2.24, 2.45) is 0 Å². The van der Waals surface area contributed by atoms with Gasteiger partial charge in [0.25, 0.3) is 5.89 Å². The molecule has 1 aliphatic rings. The minimum atomic E-state index is -0.104. The lowest BCUT2D eigenvalue weighted by Gasteiger charge is -2.34. The smallest absolute Gasteiger partial charge is 0.258 e. The molecule has 2 aromatic rings. The molecule has 0 spiro atoms. The molecule has 5 nitrogen and oxygen atoms in total. The van der Waals surface area contributed by atoms with Gasteiger partial charge in [0.1, 0.15) is 6.10 Å². The van der Waals surface area contributed by atoms with Gasteiger partial charge in [-0.15, -0.1) is 0 Å². The molecule has 20 heavy (non-hydrogen) atoms. The average molecular weight is 273 g/mol. The van der Waals surface area contributed by atoms with Gasteiger partial charge in [0.15, 0.2) is 0 Å². The van der Waals surface area contributed by atoms with Crippen molar-refractivity contribution in [3.05, 3.63) is 36.2 Å². The van der Waals surface area contributed by atoms with Gasteiger partial charge in [-0.2, -0.15) is 4.98 Å². The monoisotopic (exact) mass is 273 g/mol. The summed E-state index contributed by atoms with van der Waals surface area (Å²) in [7, 11) is 0. The zero-order valence-corrected chi connectivity index (χ0v) is 11.8. The molecule has 1 saturated heterocycles. The third kappa shape index (κ3) is 2.73. The quantitative estimate of drug-likeness (QED) is 0.860. The van der Waals surface area contributed by atoms with E-state index < -0.39 is 0 Å². The van der Waals surface area contributed by atoms with Gasteiger partial charge < -0.3 is 9.26 Å². The molecule has 0 N–H and O–H groups in total. The highest BCUT2D eigenvalue weighted by molar-refractivity contribution is 5.52. The van der Waals surface area contributed by atoms with E-state index in [1.807, 2.05) is 30.3 Å². The predicted molar refractivity (Wildman–Crippen MR) is 75.1 cm³/mol. The number of aromatic nitrogens is 2. The van der Waals surface area contributed by atoms with Crippen LogP contribution in [0.1, 0.15) is 25.8 Å². The van der Waals surface area contributed by atoms with Gasteiger partial charge in [-0.3, -0.25) is 4.90 Å². The first-order valence-electron chi connectivity index (χ1n) is 6.98. The Balaban J connectivity index is 1.77. The van der Waals surface area contributed by atoms with Gasteiger partial charge in [0, 0.05) is 24.7 Å². The maximum absolute atomic E-state index is 5.77. The Labute approximate surface area is 118 Å². The first-order valence-corrected chi connectivity index (χ1v) is 6.98. The summed E-state index contributed by atoms with van der Waals surface area (Å²) in [6, 6.07) is 10.3. The first-order chi connectivity index (χ1) is 9.74. The number of ether oxygens (including phenoxy) is 1. The fourth-order valence-corrected chi connectivity index (χ4v) is 2.36. The average Bonchev–Trinajstić information content (AvgIpc) is 2.98. The van der Waals surface area contributed by atoms with E-state index in [-0.39, 0.29) is 6.10 Å². The van der Waals surface area contributed by atoms with Gasteiger partial charge in [0.2, 0.25) is 5.82 Å². The van der Waals surface area contributed by atoms with Crippen LogP contribution >= 0.6 is 0 Å². The third-order valence-corrected chi connectivity index (χ3v) is 3.58. The summed E-state index contributed by atoms with van der Waals surface area (Å²) >= 11 is 0. The molecule has 1 aromatic carbocycles. The molecular weight excluding hydrogens is 254 g/mol. The van der Waals surface area contributed by atoms with Gasteiger partial charge in [-0.25, -0.2) is 0 Å². The van der Waals surface area contributed by atoms with Crippen LogP contribution in [-0.4, -0.2) is 40.8 Å². The number of morpholine rings is 1. The second-order valence-electron chi connectivity index (χ2n) is 5.27. The Bertz CT molecular complexity index is 553. The van der Waals surface area contributed by atoms with Crippen LogP contribution in [-0.2, 0) is 4.74 Å². The first kappa shape index (κ1) is 13.3. The van der Waals surface area contributed by atoms with Crippen LogP contribution in [0.5, 0.6) is 0 Å². The molecule has 1 atom stereocenters. The Kier molecular flexibility index (Phi) is 3.80. The van der Waals surface area contributed by atoms with Crippen molar-refractivity contribution in [2.75, 3.05) is 19.7 Å². The van der Waals surface area contributed by atoms with E-state index in [1.165, 1.54) is 0 Å². The molecular formula is C15H19N3O2. The number of hydrogen-bond donors (Lipinski definition) is 0. The van der Waals surface area contributed by atoms with E-state index in [4.69, 9.17) is 9.26 Å². The van der Waals surface area contributed by atoms with Crippen LogP contribution in [0, 0.1) is 0 Å². The molecule has 5 heteroatoms. The van der Waals surface area contributed by atoms with Crippen LogP contribution in [0.4, 0.5) is 0 Å². The minimum Gasteiger partial charge on any atom is -0.367 e. The largest absolute Gasteiger partial charge is 0.367 e. The lowest BCUT2D eigenvalue weighted by molar-refractivity contribution is -0.0450. The normalized spacial score (nSPS) is 20.4. The molecule has 1 aliphatic heterocycles. The summed E-state index contributed by atoms with van der Waals surface area (Å²) in [5, 5.41) is 4.07. The van der Waals surface area contributed by atoms with Crippen molar-refractivity contribution < 1.29 is 9.26 Å². The summed E-state index contributed by atoms with van der Waals surface area (Å²) in [5.74, 6) is 1.18. The lowest BCUT2D eigenvalue weighted by Crippen LogP contribution is -2.42. The van der Waals surface area contributed by atoms with E-state index in [2.05, 4.69) is 28.9 Å². The Morgan fingerprint density at radius 3 is 2.80 bits per heavy atom. The highest BCUT2D eigenvalue weighted by Crippen LogP contribution is 2.24. The van der Waals surface area contributed by atoms with Crippen molar-refractivity contribution in [3.8, 4) is 11.5 Å². The van der Waals surface area contributed by atoms with Crippen molar-refractivity contribution in [3.63, 3.8) is 0 Å². The van der Waals surface area contributed by atoms with Gasteiger partial charge >= 0.3 is 0 Å². The van der Waals surface area contributed by atoms with Crippen LogP contribution in [0.3, 0.4) is 0 Å². The van der Waals surface area contributed by atoms with E-state index in [0.717, 1.165) is 18.7 Å². The van der Waals surface area contributed by atoms with Crippen LogP contribution in [0.15, 0.2) is 34.9 Å². The second-order valence-corrected chi connectivity index (χ2v) is 5.27. The SMILES string of the molecule is CC(C)N1CCOC(c2noc(-c3ccccc3)n2)C1. The van der Waals surface area contributed by atoms with E-state index in [1.54, 1.807) is 0 Å². The van der Waals surface area contributed by atoms with E-state index >= 15 is 0 Å². The minimum absolute atomic E-state index is 0.104. The van der Waals surface area contributed by atoms with Crippen molar-refractivity contribution in [1.82, 2.24) is 15.0 Å². The van der Waals surface area contributed by atoms with Crippen LogP contribution < -0.4 is 0 Å². The molecule has 0 aliphatic carbocycles. The number of nitrogens with zero attached hydrogens (tertiary/aromatic N) is 3. The Morgan fingerprint density at radius 1 is 1.25 bits per heavy atom. The molecule has 1 unspecified atom stereocenters. The summed E-state index contributed by atoms with van der Waals surface area (Å²) in [6.45, 7) is 6.85. The summed E-state index contributed by atoms with van der Waals surface area (Å²) < 4.78 is 11.1. The Morgan fingerprint density at radius 2 is 2.05 bits per heavy atom. The molecule has 1 fully saturated rings. The van der Waals surface area contributed by atoms with Crippen molar-refractivity contribution >= 4 is 0 Å². The van der Waals surface area contributed by atoms with Gasteiger partial charge in [-0.1, -0.05) is 23.4 Å². The van der Waals surface area contributed by atoms with Crippen molar-refractivity contribution in [1.29, 1.82) is 0 Å². The second kappa shape index (κ2) is 5.73. The van der Waals surface area contributed by atoms with Gasteiger partial charge in [-0.05, 0) is 26.0 Å². The van der Waals surface area contributed by atoms with E-state index in [0.29, 0.717) is 24.4 Å². The highest BCUT2D eigenvalue weighted by atomic mass is 16.5. The molecule has 0 saturated carbocycles.